The summed E-state index contributed by atoms with van der Waals surface area (Å²) in [7, 11) is 0. The third kappa shape index (κ3) is 12.1. The summed E-state index contributed by atoms with van der Waals surface area (Å²) in [5, 5.41) is 8.77. The van der Waals surface area contributed by atoms with Crippen LogP contribution in [0, 0.1) is 22.7 Å². The molecule has 0 aromatic carbocycles. The molecule has 5 atom stereocenters. The number of likely N-dealkylation sites (tertiary alicyclic amines) is 1. The molecule has 2 aliphatic rings. The summed E-state index contributed by atoms with van der Waals surface area (Å²) in [5.74, 6) is 0.0124. The second-order valence-corrected chi connectivity index (χ2v) is 16.3. The quantitative estimate of drug-likeness (QED) is 0.389. The molecule has 1 aliphatic heterocycles. The predicted molar refractivity (Wildman–Crippen MR) is 159 cm³/mol. The van der Waals surface area contributed by atoms with Crippen LogP contribution in [0.15, 0.2) is 0 Å². The second kappa shape index (κ2) is 12.8. The van der Waals surface area contributed by atoms with Crippen molar-refractivity contribution in [3.05, 3.63) is 0 Å². The van der Waals surface area contributed by atoms with E-state index in [9.17, 15) is 19.2 Å². The van der Waals surface area contributed by atoms with Crippen LogP contribution in [0.5, 0.6) is 0 Å². The van der Waals surface area contributed by atoms with Gasteiger partial charge in [0.05, 0.1) is 0 Å². The number of hydrogen-bond acceptors (Lipinski definition) is 6. The Morgan fingerprint density at radius 3 is 1.63 bits per heavy atom. The first-order valence-corrected chi connectivity index (χ1v) is 15.0. The first-order valence-electron chi connectivity index (χ1n) is 15.0. The van der Waals surface area contributed by atoms with Gasteiger partial charge in [-0.2, -0.15) is 0 Å². The van der Waals surface area contributed by atoms with Crippen molar-refractivity contribution in [1.29, 1.82) is 0 Å². The topological polar surface area (TPSA) is 126 Å². The molecule has 0 aromatic heterocycles. The molecule has 0 aromatic rings. The van der Waals surface area contributed by atoms with Gasteiger partial charge >= 0.3 is 12.2 Å². The molecule has 4 amide bonds. The largest absolute Gasteiger partial charge is 0.444 e. The van der Waals surface area contributed by atoms with Crippen molar-refractivity contribution in [2.75, 3.05) is 13.1 Å². The van der Waals surface area contributed by atoms with Crippen molar-refractivity contribution in [2.24, 2.45) is 22.7 Å². The Morgan fingerprint density at radius 2 is 1.17 bits per heavy atom. The number of fused-ring (bicyclic) bond motifs is 1. The van der Waals surface area contributed by atoms with E-state index in [1.165, 1.54) is 0 Å². The fraction of sp³-hybridized carbons (Fsp3) is 0.871. The van der Waals surface area contributed by atoms with E-state index in [0.717, 1.165) is 12.8 Å². The third-order valence-electron chi connectivity index (χ3n) is 7.13. The van der Waals surface area contributed by atoms with Crippen LogP contribution in [0.3, 0.4) is 0 Å². The van der Waals surface area contributed by atoms with E-state index in [4.69, 9.17) is 9.47 Å². The Morgan fingerprint density at radius 1 is 0.707 bits per heavy atom. The Bertz CT molecular complexity index is 954. The Kier molecular flexibility index (Phi) is 10.8. The molecule has 0 radical (unpaired) electrons. The zero-order chi connectivity index (χ0) is 31.6. The summed E-state index contributed by atoms with van der Waals surface area (Å²) < 4.78 is 10.8. The third-order valence-corrected chi connectivity index (χ3v) is 7.13. The molecular weight excluding hydrogens is 524 g/mol. The molecule has 2 fully saturated rings. The van der Waals surface area contributed by atoms with E-state index in [2.05, 4.69) is 16.0 Å². The normalized spacial score (nSPS) is 22.8. The zero-order valence-corrected chi connectivity index (χ0v) is 27.5. The van der Waals surface area contributed by atoms with Crippen LogP contribution in [0.25, 0.3) is 0 Å². The second-order valence-electron chi connectivity index (χ2n) is 16.3. The van der Waals surface area contributed by atoms with Crippen LogP contribution >= 0.6 is 0 Å². The minimum atomic E-state index is -0.739. The molecule has 1 saturated carbocycles. The number of hydrogen-bond donors (Lipinski definition) is 3. The highest BCUT2D eigenvalue weighted by atomic mass is 16.6. The molecule has 0 unspecified atom stereocenters. The number of nitrogens with one attached hydrogen (secondary N) is 3. The molecule has 2 rings (SSSR count). The van der Waals surface area contributed by atoms with E-state index < -0.39 is 35.5 Å². The number of ether oxygens (including phenoxy) is 2. The molecule has 1 aliphatic carbocycles. The highest BCUT2D eigenvalue weighted by Gasteiger charge is 2.46. The summed E-state index contributed by atoms with van der Waals surface area (Å²) in [6.45, 7) is 24.0. The van der Waals surface area contributed by atoms with E-state index >= 15 is 0 Å². The highest BCUT2D eigenvalue weighted by Crippen LogP contribution is 2.39. The van der Waals surface area contributed by atoms with Gasteiger partial charge in [0.1, 0.15) is 23.3 Å². The van der Waals surface area contributed by atoms with Gasteiger partial charge in [-0.3, -0.25) is 9.59 Å². The number of nitrogens with zero attached hydrogens (tertiary/aromatic N) is 1. The van der Waals surface area contributed by atoms with Gasteiger partial charge in [0.15, 0.2) is 0 Å². The molecule has 1 saturated heterocycles. The summed E-state index contributed by atoms with van der Waals surface area (Å²) in [6.07, 6.45) is 1.42. The molecule has 10 nitrogen and oxygen atoms in total. The number of alkyl carbamates (subject to hydrolysis) is 2. The van der Waals surface area contributed by atoms with Gasteiger partial charge in [-0.25, -0.2) is 9.59 Å². The maximum Gasteiger partial charge on any atom is 0.408 e. The van der Waals surface area contributed by atoms with Gasteiger partial charge < -0.3 is 30.3 Å². The maximum atomic E-state index is 13.7. The van der Waals surface area contributed by atoms with Gasteiger partial charge in [-0.05, 0) is 84.0 Å². The lowest BCUT2D eigenvalue weighted by Crippen LogP contribution is -2.53. The zero-order valence-electron chi connectivity index (χ0n) is 27.5. The fourth-order valence-corrected chi connectivity index (χ4v) is 5.66. The maximum absolute atomic E-state index is 13.7. The lowest BCUT2D eigenvalue weighted by Gasteiger charge is -2.31. The van der Waals surface area contributed by atoms with Crippen molar-refractivity contribution in [3.63, 3.8) is 0 Å². The monoisotopic (exact) mass is 580 g/mol. The van der Waals surface area contributed by atoms with Crippen molar-refractivity contribution >= 4 is 24.0 Å². The smallest absolute Gasteiger partial charge is 0.408 e. The number of rotatable bonds is 7. The Balaban J connectivity index is 2.11. The SMILES string of the molecule is CC(C)(C)C[C@H](NC(=O)OC(C)(C)C)C(=O)N[C@H]1CC[C@@H]2CN(C(=O)[C@H](CC(C)(C)C)NC(=O)OC(C)(C)C)C[C@@H]21. The highest BCUT2D eigenvalue weighted by molar-refractivity contribution is 5.87. The molecule has 236 valence electrons. The molecule has 0 spiro atoms. The number of amides is 4. The first-order chi connectivity index (χ1) is 18.4. The van der Waals surface area contributed by atoms with Crippen molar-refractivity contribution in [2.45, 2.75) is 138 Å². The van der Waals surface area contributed by atoms with Crippen LogP contribution < -0.4 is 16.0 Å². The van der Waals surface area contributed by atoms with Gasteiger partial charge in [-0.1, -0.05) is 41.5 Å². The van der Waals surface area contributed by atoms with Crippen LogP contribution in [-0.2, 0) is 19.1 Å². The fourth-order valence-electron chi connectivity index (χ4n) is 5.66. The van der Waals surface area contributed by atoms with Crippen molar-refractivity contribution < 1.29 is 28.7 Å². The predicted octanol–water partition coefficient (Wildman–Crippen LogP) is 5.00. The summed E-state index contributed by atoms with van der Waals surface area (Å²) >= 11 is 0. The van der Waals surface area contributed by atoms with E-state index in [-0.39, 0.29) is 40.5 Å². The Labute approximate surface area is 247 Å². The van der Waals surface area contributed by atoms with Crippen molar-refractivity contribution in [1.82, 2.24) is 20.9 Å². The number of carbonyl (C=O) groups is 4. The van der Waals surface area contributed by atoms with Gasteiger partial charge in [-0.15, -0.1) is 0 Å². The molecule has 41 heavy (non-hydrogen) atoms. The van der Waals surface area contributed by atoms with E-state index in [1.807, 2.05) is 46.4 Å². The average Bonchev–Trinajstić information content (AvgIpc) is 3.29. The minimum absolute atomic E-state index is 0.104. The van der Waals surface area contributed by atoms with Crippen LogP contribution in [0.4, 0.5) is 9.59 Å². The summed E-state index contributed by atoms with van der Waals surface area (Å²) in [5.41, 5.74) is -1.73. The van der Waals surface area contributed by atoms with Gasteiger partial charge in [0.25, 0.3) is 0 Å². The van der Waals surface area contributed by atoms with E-state index in [1.54, 1.807) is 41.5 Å². The molecule has 3 N–H and O–H groups in total. The molecule has 10 heteroatoms. The van der Waals surface area contributed by atoms with Crippen LogP contribution in [0.2, 0.25) is 0 Å². The molecule has 0 bridgehead atoms. The van der Waals surface area contributed by atoms with Gasteiger partial charge in [0.2, 0.25) is 11.8 Å². The number of carbonyl (C=O) groups excluding carboxylic acids is 4. The van der Waals surface area contributed by atoms with Crippen LogP contribution in [-0.4, -0.2) is 71.3 Å². The van der Waals surface area contributed by atoms with Gasteiger partial charge in [0, 0.05) is 25.0 Å². The van der Waals surface area contributed by atoms with Crippen molar-refractivity contribution in [3.8, 4) is 0 Å². The molecular formula is C31H56N4O6. The first kappa shape index (κ1) is 34.7. The Hall–Kier alpha value is -2.52. The van der Waals surface area contributed by atoms with Crippen LogP contribution in [0.1, 0.15) is 109 Å². The molecule has 1 heterocycles. The van der Waals surface area contributed by atoms with E-state index in [0.29, 0.717) is 25.9 Å². The summed E-state index contributed by atoms with van der Waals surface area (Å²) in [6, 6.07) is -1.55. The standard InChI is InChI=1S/C31H56N4O6/c1-28(2,3)15-22(33-26(38)40-30(7,8)9)24(36)32-21-14-13-19-17-35(18-20(19)21)25(37)23(16-29(4,5)6)34-27(39)41-31(10,11)12/h19-23H,13-18H2,1-12H3,(H,32,36)(H,33,38)(H,34,39)/t19-,20+,21+,22+,23+/m1/s1. The average molecular weight is 581 g/mol. The summed E-state index contributed by atoms with van der Waals surface area (Å²) in [4.78, 5) is 54.1. The lowest BCUT2D eigenvalue weighted by molar-refractivity contribution is -0.133. The lowest BCUT2D eigenvalue weighted by atomic mass is 9.87. The minimum Gasteiger partial charge on any atom is -0.444 e.